The molecule has 0 aliphatic heterocycles. The Morgan fingerprint density at radius 1 is 1.38 bits per heavy atom. The normalized spacial score (nSPS) is 35.5. The Morgan fingerprint density at radius 2 is 2.12 bits per heavy atom. The van der Waals surface area contributed by atoms with Gasteiger partial charge in [0.05, 0.1) is 12.4 Å². The third kappa shape index (κ3) is 2.57. The van der Waals surface area contributed by atoms with E-state index in [9.17, 15) is 8.42 Å². The summed E-state index contributed by atoms with van der Waals surface area (Å²) in [6, 6.07) is 0.0202. The molecule has 0 heterocycles. The lowest BCUT2D eigenvalue weighted by Gasteiger charge is -2.28. The smallest absolute Gasteiger partial charge is 0.214 e. The highest BCUT2D eigenvalue weighted by molar-refractivity contribution is 7.89. The van der Waals surface area contributed by atoms with Crippen LogP contribution in [0.15, 0.2) is 0 Å². The second-order valence-electron chi connectivity index (χ2n) is 5.29. The van der Waals surface area contributed by atoms with E-state index in [0.29, 0.717) is 5.92 Å². The van der Waals surface area contributed by atoms with E-state index < -0.39 is 10.0 Å². The Morgan fingerprint density at radius 3 is 2.62 bits per heavy atom. The van der Waals surface area contributed by atoms with Crippen LogP contribution in [0, 0.1) is 17.8 Å². The SMILES string of the molecule is CC(NS(=O)(=O)CCO)C1CC2CCC1C2. The standard InChI is InChI=1S/C11H21NO3S/c1-8(12-16(14,15)5-4-13)11-7-9-2-3-10(11)6-9/h8-13H,2-7H2,1H3. The van der Waals surface area contributed by atoms with Crippen molar-refractivity contribution in [2.75, 3.05) is 12.4 Å². The third-order valence-corrected chi connectivity index (χ3v) is 5.61. The van der Waals surface area contributed by atoms with E-state index in [2.05, 4.69) is 4.72 Å². The molecule has 0 spiro atoms. The first-order chi connectivity index (χ1) is 7.52. The lowest BCUT2D eigenvalue weighted by molar-refractivity contribution is 0.278. The van der Waals surface area contributed by atoms with Gasteiger partial charge in [-0.15, -0.1) is 0 Å². The molecule has 2 fully saturated rings. The Balaban J connectivity index is 1.91. The molecule has 2 aliphatic carbocycles. The van der Waals surface area contributed by atoms with E-state index in [4.69, 9.17) is 5.11 Å². The Labute approximate surface area is 97.5 Å². The molecular weight excluding hydrogens is 226 g/mol. The second-order valence-corrected chi connectivity index (χ2v) is 7.16. The summed E-state index contributed by atoms with van der Waals surface area (Å²) in [5.41, 5.74) is 0. The molecule has 2 rings (SSSR count). The molecule has 0 radical (unpaired) electrons. The van der Waals surface area contributed by atoms with Gasteiger partial charge in [-0.2, -0.15) is 0 Å². The number of aliphatic hydroxyl groups excluding tert-OH is 1. The van der Waals surface area contributed by atoms with Crippen LogP contribution < -0.4 is 4.72 Å². The number of rotatable bonds is 5. The molecule has 4 unspecified atom stereocenters. The first-order valence-corrected chi connectivity index (χ1v) is 7.78. The van der Waals surface area contributed by atoms with Crippen molar-refractivity contribution in [1.29, 1.82) is 0 Å². The predicted molar refractivity (Wildman–Crippen MR) is 62.4 cm³/mol. The van der Waals surface area contributed by atoms with Gasteiger partial charge in [-0.3, -0.25) is 0 Å². The average Bonchev–Trinajstić information content (AvgIpc) is 2.77. The molecule has 16 heavy (non-hydrogen) atoms. The number of hydrogen-bond donors (Lipinski definition) is 2. The number of nitrogens with one attached hydrogen (secondary N) is 1. The Hall–Kier alpha value is -0.130. The van der Waals surface area contributed by atoms with E-state index >= 15 is 0 Å². The van der Waals surface area contributed by atoms with Gasteiger partial charge in [-0.05, 0) is 43.9 Å². The highest BCUT2D eigenvalue weighted by Gasteiger charge is 2.42. The lowest BCUT2D eigenvalue weighted by atomic mass is 9.84. The highest BCUT2D eigenvalue weighted by atomic mass is 32.2. The summed E-state index contributed by atoms with van der Waals surface area (Å²) in [5.74, 6) is 1.88. The average molecular weight is 247 g/mol. The largest absolute Gasteiger partial charge is 0.395 e. The molecule has 2 N–H and O–H groups in total. The van der Waals surface area contributed by atoms with E-state index in [1.54, 1.807) is 0 Å². The van der Waals surface area contributed by atoms with Gasteiger partial charge < -0.3 is 5.11 Å². The minimum Gasteiger partial charge on any atom is -0.395 e. The topological polar surface area (TPSA) is 66.4 Å². The fourth-order valence-corrected chi connectivity index (χ4v) is 4.56. The van der Waals surface area contributed by atoms with Crippen LogP contribution in [0.4, 0.5) is 0 Å². The maximum absolute atomic E-state index is 11.5. The van der Waals surface area contributed by atoms with Gasteiger partial charge >= 0.3 is 0 Å². The van der Waals surface area contributed by atoms with E-state index in [-0.39, 0.29) is 18.4 Å². The first-order valence-electron chi connectivity index (χ1n) is 6.12. The summed E-state index contributed by atoms with van der Waals surface area (Å²) >= 11 is 0. The monoisotopic (exact) mass is 247 g/mol. The minimum atomic E-state index is -3.29. The fraction of sp³-hybridized carbons (Fsp3) is 1.00. The molecule has 4 nitrogen and oxygen atoms in total. The maximum atomic E-state index is 11.5. The van der Waals surface area contributed by atoms with Crippen molar-refractivity contribution in [3.8, 4) is 0 Å². The molecular formula is C11H21NO3S. The summed E-state index contributed by atoms with van der Waals surface area (Å²) < 4.78 is 25.8. The van der Waals surface area contributed by atoms with Crippen LogP contribution in [0.25, 0.3) is 0 Å². The van der Waals surface area contributed by atoms with Gasteiger partial charge in [0.1, 0.15) is 0 Å². The lowest BCUT2D eigenvalue weighted by Crippen LogP contribution is -2.41. The van der Waals surface area contributed by atoms with Crippen molar-refractivity contribution < 1.29 is 13.5 Å². The molecule has 5 heteroatoms. The fourth-order valence-electron chi connectivity index (χ4n) is 3.46. The van der Waals surface area contributed by atoms with Crippen LogP contribution in [0.2, 0.25) is 0 Å². The molecule has 0 saturated heterocycles. The molecule has 2 bridgehead atoms. The van der Waals surface area contributed by atoms with Crippen LogP contribution >= 0.6 is 0 Å². The molecule has 0 aromatic heterocycles. The Bertz CT molecular complexity index is 341. The van der Waals surface area contributed by atoms with Crippen LogP contribution in [-0.4, -0.2) is 31.9 Å². The Kier molecular flexibility index (Phi) is 3.56. The molecule has 0 aromatic rings. The van der Waals surface area contributed by atoms with Crippen molar-refractivity contribution in [2.24, 2.45) is 17.8 Å². The maximum Gasteiger partial charge on any atom is 0.214 e. The first kappa shape index (κ1) is 12.3. The minimum absolute atomic E-state index is 0.0202. The summed E-state index contributed by atoms with van der Waals surface area (Å²) in [6.45, 7) is 1.65. The van der Waals surface area contributed by atoms with Gasteiger partial charge in [0, 0.05) is 6.04 Å². The van der Waals surface area contributed by atoms with Crippen LogP contribution in [-0.2, 0) is 10.0 Å². The summed E-state index contributed by atoms with van der Waals surface area (Å²) in [5, 5.41) is 8.67. The molecule has 94 valence electrons. The van der Waals surface area contributed by atoms with E-state index in [0.717, 1.165) is 11.8 Å². The van der Waals surface area contributed by atoms with E-state index in [1.165, 1.54) is 25.7 Å². The number of hydrogen-bond acceptors (Lipinski definition) is 3. The summed E-state index contributed by atoms with van der Waals surface area (Å²) in [6.07, 6.45) is 5.06. The number of aliphatic hydroxyl groups is 1. The highest BCUT2D eigenvalue weighted by Crippen LogP contribution is 2.49. The van der Waals surface area contributed by atoms with Crippen molar-refractivity contribution in [1.82, 2.24) is 4.72 Å². The molecule has 4 atom stereocenters. The quantitative estimate of drug-likeness (QED) is 0.752. The molecule has 0 amide bonds. The van der Waals surface area contributed by atoms with Gasteiger partial charge in [-0.1, -0.05) is 6.42 Å². The van der Waals surface area contributed by atoms with Crippen molar-refractivity contribution in [3.05, 3.63) is 0 Å². The third-order valence-electron chi connectivity index (χ3n) is 4.16. The van der Waals surface area contributed by atoms with Gasteiger partial charge in [-0.25, -0.2) is 13.1 Å². The zero-order valence-electron chi connectivity index (χ0n) is 9.72. The number of fused-ring (bicyclic) bond motifs is 2. The van der Waals surface area contributed by atoms with Crippen molar-refractivity contribution in [2.45, 2.75) is 38.6 Å². The molecule has 0 aromatic carbocycles. The number of sulfonamides is 1. The van der Waals surface area contributed by atoms with Crippen molar-refractivity contribution in [3.63, 3.8) is 0 Å². The van der Waals surface area contributed by atoms with Crippen LogP contribution in [0.5, 0.6) is 0 Å². The molecule has 2 aliphatic rings. The van der Waals surface area contributed by atoms with Crippen LogP contribution in [0.3, 0.4) is 0 Å². The van der Waals surface area contributed by atoms with Gasteiger partial charge in [0.15, 0.2) is 0 Å². The van der Waals surface area contributed by atoms with Crippen molar-refractivity contribution >= 4 is 10.0 Å². The summed E-state index contributed by atoms with van der Waals surface area (Å²) in [7, 11) is -3.29. The molecule has 2 saturated carbocycles. The van der Waals surface area contributed by atoms with Crippen LogP contribution in [0.1, 0.15) is 32.6 Å². The zero-order valence-corrected chi connectivity index (χ0v) is 10.5. The van der Waals surface area contributed by atoms with Gasteiger partial charge in [0.25, 0.3) is 0 Å². The second kappa shape index (κ2) is 4.63. The summed E-state index contributed by atoms with van der Waals surface area (Å²) in [4.78, 5) is 0. The van der Waals surface area contributed by atoms with Gasteiger partial charge in [0.2, 0.25) is 10.0 Å². The predicted octanol–water partition coefficient (Wildman–Crippen LogP) is 0.723. The zero-order chi connectivity index (χ0) is 11.8. The van der Waals surface area contributed by atoms with E-state index in [1.807, 2.05) is 6.92 Å².